The van der Waals surface area contributed by atoms with Crippen molar-refractivity contribution in [3.8, 4) is 0 Å². The molecule has 0 aliphatic carbocycles. The zero-order chi connectivity index (χ0) is 12.1. The molecule has 5 heteroatoms. The van der Waals surface area contributed by atoms with Gasteiger partial charge in [0.15, 0.2) is 0 Å². The van der Waals surface area contributed by atoms with E-state index in [1.54, 1.807) is 0 Å². The van der Waals surface area contributed by atoms with Crippen molar-refractivity contribution in [1.29, 1.82) is 0 Å². The molecule has 0 radical (unpaired) electrons. The average molecular weight is 216 g/mol. The third-order valence-corrected chi connectivity index (χ3v) is 1.75. The van der Waals surface area contributed by atoms with Crippen LogP contribution in [0.25, 0.3) is 0 Å². The van der Waals surface area contributed by atoms with Gasteiger partial charge in [-0.1, -0.05) is 0 Å². The van der Waals surface area contributed by atoms with Crippen molar-refractivity contribution < 1.29 is 14.7 Å². The molecule has 0 atom stereocenters. The number of rotatable bonds is 4. The lowest BCUT2D eigenvalue weighted by molar-refractivity contribution is -0.137. The number of carbonyl (C=O) groups excluding carboxylic acids is 1. The SMILES string of the molecule is CCN(CCC(=O)O)C(=O)NC(C)(C)C. The van der Waals surface area contributed by atoms with Crippen LogP contribution in [0, 0.1) is 0 Å². The second kappa shape index (κ2) is 5.58. The number of hydrogen-bond donors (Lipinski definition) is 2. The molecule has 0 aliphatic heterocycles. The first kappa shape index (κ1) is 13.7. The number of urea groups is 1. The Kier molecular flexibility index (Phi) is 5.11. The summed E-state index contributed by atoms with van der Waals surface area (Å²) in [7, 11) is 0. The van der Waals surface area contributed by atoms with Crippen molar-refractivity contribution in [3.63, 3.8) is 0 Å². The van der Waals surface area contributed by atoms with Crippen LogP contribution in [0.5, 0.6) is 0 Å². The van der Waals surface area contributed by atoms with Crippen molar-refractivity contribution in [2.75, 3.05) is 13.1 Å². The zero-order valence-corrected chi connectivity index (χ0v) is 9.83. The van der Waals surface area contributed by atoms with E-state index in [1.165, 1.54) is 4.90 Å². The largest absolute Gasteiger partial charge is 0.481 e. The zero-order valence-electron chi connectivity index (χ0n) is 9.83. The second-order valence-electron chi connectivity index (χ2n) is 4.40. The summed E-state index contributed by atoms with van der Waals surface area (Å²) in [5.74, 6) is -0.892. The van der Waals surface area contributed by atoms with Gasteiger partial charge in [-0.3, -0.25) is 4.79 Å². The molecule has 0 aromatic rings. The summed E-state index contributed by atoms with van der Waals surface area (Å²) in [6, 6.07) is -0.216. The summed E-state index contributed by atoms with van der Waals surface area (Å²) < 4.78 is 0. The summed E-state index contributed by atoms with van der Waals surface area (Å²) in [6.07, 6.45) is -0.0224. The Bertz CT molecular complexity index is 233. The monoisotopic (exact) mass is 216 g/mol. The molecule has 0 bridgehead atoms. The van der Waals surface area contributed by atoms with Crippen LogP contribution in [0.4, 0.5) is 4.79 Å². The van der Waals surface area contributed by atoms with Gasteiger partial charge in [0.1, 0.15) is 0 Å². The van der Waals surface area contributed by atoms with Gasteiger partial charge >= 0.3 is 12.0 Å². The standard InChI is InChI=1S/C10H20N2O3/c1-5-12(7-6-8(13)14)9(15)11-10(2,3)4/h5-7H2,1-4H3,(H,11,15)(H,13,14). The molecule has 0 aliphatic rings. The Morgan fingerprint density at radius 2 is 1.87 bits per heavy atom. The molecule has 0 heterocycles. The number of nitrogens with zero attached hydrogens (tertiary/aromatic N) is 1. The van der Waals surface area contributed by atoms with Crippen LogP contribution in [0.2, 0.25) is 0 Å². The molecule has 5 nitrogen and oxygen atoms in total. The number of nitrogens with one attached hydrogen (secondary N) is 1. The minimum absolute atomic E-state index is 0.0224. The molecule has 0 unspecified atom stereocenters. The molecule has 0 fully saturated rings. The highest BCUT2D eigenvalue weighted by Gasteiger charge is 2.18. The molecule has 0 saturated carbocycles. The fraction of sp³-hybridized carbons (Fsp3) is 0.800. The van der Waals surface area contributed by atoms with Crippen LogP contribution in [-0.2, 0) is 4.79 Å². The second-order valence-corrected chi connectivity index (χ2v) is 4.40. The highest BCUT2D eigenvalue weighted by atomic mass is 16.4. The average Bonchev–Trinajstić information content (AvgIpc) is 2.01. The smallest absolute Gasteiger partial charge is 0.317 e. The molecular weight excluding hydrogens is 196 g/mol. The van der Waals surface area contributed by atoms with Gasteiger partial charge in [0, 0.05) is 18.6 Å². The first-order valence-electron chi connectivity index (χ1n) is 5.05. The van der Waals surface area contributed by atoms with E-state index in [2.05, 4.69) is 5.32 Å². The van der Waals surface area contributed by atoms with Crippen molar-refractivity contribution in [1.82, 2.24) is 10.2 Å². The van der Waals surface area contributed by atoms with E-state index in [9.17, 15) is 9.59 Å². The topological polar surface area (TPSA) is 69.6 Å². The highest BCUT2D eigenvalue weighted by molar-refractivity contribution is 5.75. The van der Waals surface area contributed by atoms with E-state index in [-0.39, 0.29) is 24.5 Å². The van der Waals surface area contributed by atoms with Gasteiger partial charge in [0.2, 0.25) is 0 Å². The number of amides is 2. The van der Waals surface area contributed by atoms with Crippen molar-refractivity contribution in [2.45, 2.75) is 39.7 Å². The maximum Gasteiger partial charge on any atom is 0.317 e. The van der Waals surface area contributed by atoms with Crippen LogP contribution >= 0.6 is 0 Å². The number of aliphatic carboxylic acids is 1. The van der Waals surface area contributed by atoms with Gasteiger partial charge in [0.05, 0.1) is 6.42 Å². The van der Waals surface area contributed by atoms with E-state index in [0.717, 1.165) is 0 Å². The van der Waals surface area contributed by atoms with Crippen LogP contribution in [-0.4, -0.2) is 40.6 Å². The summed E-state index contributed by atoms with van der Waals surface area (Å²) in [4.78, 5) is 23.5. The molecule has 15 heavy (non-hydrogen) atoms. The maximum absolute atomic E-state index is 11.6. The van der Waals surface area contributed by atoms with Gasteiger partial charge in [-0.15, -0.1) is 0 Å². The molecule has 0 saturated heterocycles. The highest BCUT2D eigenvalue weighted by Crippen LogP contribution is 2.01. The minimum Gasteiger partial charge on any atom is -0.481 e. The third kappa shape index (κ3) is 6.76. The number of carbonyl (C=O) groups is 2. The Hall–Kier alpha value is -1.26. The molecule has 88 valence electrons. The molecule has 2 amide bonds. The van der Waals surface area contributed by atoms with Crippen LogP contribution in [0.3, 0.4) is 0 Å². The van der Waals surface area contributed by atoms with Gasteiger partial charge in [-0.05, 0) is 27.7 Å². The Labute approximate surface area is 90.5 Å². The quantitative estimate of drug-likeness (QED) is 0.744. The van der Waals surface area contributed by atoms with Gasteiger partial charge in [-0.2, -0.15) is 0 Å². The summed E-state index contributed by atoms with van der Waals surface area (Å²) >= 11 is 0. The van der Waals surface area contributed by atoms with Gasteiger partial charge in [0.25, 0.3) is 0 Å². The van der Waals surface area contributed by atoms with E-state index < -0.39 is 5.97 Å². The summed E-state index contributed by atoms with van der Waals surface area (Å²) in [5, 5.41) is 11.3. The first-order chi connectivity index (χ1) is 6.76. The number of hydrogen-bond acceptors (Lipinski definition) is 2. The predicted octanol–water partition coefficient (Wildman–Crippen LogP) is 1.29. The Balaban J connectivity index is 4.16. The van der Waals surface area contributed by atoms with E-state index >= 15 is 0 Å². The molecule has 0 aromatic carbocycles. The first-order valence-corrected chi connectivity index (χ1v) is 5.05. The lowest BCUT2D eigenvalue weighted by Gasteiger charge is -2.27. The van der Waals surface area contributed by atoms with Gasteiger partial charge < -0.3 is 15.3 Å². The van der Waals surface area contributed by atoms with Crippen LogP contribution in [0.15, 0.2) is 0 Å². The van der Waals surface area contributed by atoms with E-state index in [4.69, 9.17) is 5.11 Å². The maximum atomic E-state index is 11.6. The van der Waals surface area contributed by atoms with E-state index in [1.807, 2.05) is 27.7 Å². The molecule has 0 rings (SSSR count). The third-order valence-electron chi connectivity index (χ3n) is 1.75. The lowest BCUT2D eigenvalue weighted by Crippen LogP contribution is -2.48. The van der Waals surface area contributed by atoms with Crippen molar-refractivity contribution in [3.05, 3.63) is 0 Å². The number of carboxylic acid groups (broad SMARTS) is 1. The molecule has 0 aromatic heterocycles. The number of carboxylic acids is 1. The normalized spacial score (nSPS) is 10.9. The van der Waals surface area contributed by atoms with Crippen molar-refractivity contribution in [2.24, 2.45) is 0 Å². The predicted molar refractivity (Wildman–Crippen MR) is 57.8 cm³/mol. The fourth-order valence-electron chi connectivity index (χ4n) is 1.03. The lowest BCUT2D eigenvalue weighted by atomic mass is 10.1. The van der Waals surface area contributed by atoms with E-state index in [0.29, 0.717) is 6.54 Å². The van der Waals surface area contributed by atoms with Crippen molar-refractivity contribution >= 4 is 12.0 Å². The van der Waals surface area contributed by atoms with Crippen LogP contribution < -0.4 is 5.32 Å². The summed E-state index contributed by atoms with van der Waals surface area (Å²) in [6.45, 7) is 8.23. The molecular formula is C10H20N2O3. The van der Waals surface area contributed by atoms with Gasteiger partial charge in [-0.25, -0.2) is 4.79 Å². The Morgan fingerprint density at radius 1 is 1.33 bits per heavy atom. The Morgan fingerprint density at radius 3 is 2.20 bits per heavy atom. The van der Waals surface area contributed by atoms with Crippen LogP contribution in [0.1, 0.15) is 34.1 Å². The molecule has 0 spiro atoms. The minimum atomic E-state index is -0.892. The molecule has 2 N–H and O–H groups in total. The fourth-order valence-corrected chi connectivity index (χ4v) is 1.03. The summed E-state index contributed by atoms with van der Waals surface area (Å²) in [5.41, 5.74) is -0.298.